The molecular weight excluding hydrogens is 592 g/mol. The second-order valence-electron chi connectivity index (χ2n) is 11.8. The molecule has 0 saturated carbocycles. The third-order valence-electron chi connectivity index (χ3n) is 8.78. The lowest BCUT2D eigenvalue weighted by Gasteiger charge is -2.38. The molecule has 2 fully saturated rings. The largest absolute Gasteiger partial charge is 0.494 e. The zero-order chi connectivity index (χ0) is 32.0. The number of rotatable bonds is 12. The van der Waals surface area contributed by atoms with Crippen LogP contribution in [0.25, 0.3) is 11.3 Å². The van der Waals surface area contributed by atoms with Crippen molar-refractivity contribution in [1.82, 2.24) is 19.2 Å². The summed E-state index contributed by atoms with van der Waals surface area (Å²) < 4.78 is 29.1. The molecule has 5 aromatic rings. The third kappa shape index (κ3) is 6.99. The zero-order valence-electron chi connectivity index (χ0n) is 27.0. The fourth-order valence-electron chi connectivity index (χ4n) is 6.43. The summed E-state index contributed by atoms with van der Waals surface area (Å²) in [7, 11) is 0. The molecule has 2 aliphatic heterocycles. The molecule has 2 saturated heterocycles. The first kappa shape index (κ1) is 30.8. The van der Waals surface area contributed by atoms with Crippen LogP contribution in [0.15, 0.2) is 104 Å². The monoisotopic (exact) mass is 634 g/mol. The topological polar surface area (TPSA) is 79.0 Å². The van der Waals surface area contributed by atoms with Gasteiger partial charge < -0.3 is 33.4 Å². The highest BCUT2D eigenvalue weighted by Gasteiger charge is 2.35. The van der Waals surface area contributed by atoms with Gasteiger partial charge in [-0.3, -0.25) is 0 Å². The number of anilines is 1. The number of aromatic nitrogens is 4. The Hall–Kier alpha value is -4.80. The van der Waals surface area contributed by atoms with Gasteiger partial charge in [0.15, 0.2) is 12.4 Å². The van der Waals surface area contributed by atoms with Gasteiger partial charge in [0.1, 0.15) is 23.9 Å². The molecule has 0 bridgehead atoms. The number of ether oxygens (including phenoxy) is 4. The minimum absolute atomic E-state index is 0.285. The Morgan fingerprint density at radius 3 is 2.47 bits per heavy atom. The predicted molar refractivity (Wildman–Crippen MR) is 181 cm³/mol. The van der Waals surface area contributed by atoms with Crippen LogP contribution in [0, 0.1) is 0 Å². The van der Waals surface area contributed by atoms with Gasteiger partial charge in [0.2, 0.25) is 0 Å². The van der Waals surface area contributed by atoms with Gasteiger partial charge >= 0.3 is 0 Å². The first-order chi connectivity index (χ1) is 23.2. The molecule has 10 heteroatoms. The SMILES string of the molecule is CCOc1cccc(C(Oc2ccc(N3CCN(n4cnc(-c5ccccc5)c4CC)CC3)cc2)C2COC(Cn3ccnc3)O2)c1. The van der Waals surface area contributed by atoms with E-state index in [1.807, 2.05) is 48.3 Å². The molecule has 10 nitrogen and oxygen atoms in total. The van der Waals surface area contributed by atoms with Crippen molar-refractivity contribution in [1.29, 1.82) is 0 Å². The zero-order valence-corrected chi connectivity index (χ0v) is 27.0. The number of imidazole rings is 2. The van der Waals surface area contributed by atoms with E-state index in [2.05, 4.69) is 81.1 Å². The highest BCUT2D eigenvalue weighted by molar-refractivity contribution is 5.62. The van der Waals surface area contributed by atoms with E-state index < -0.39 is 0 Å². The fraction of sp³-hybridized carbons (Fsp3) is 0.351. The van der Waals surface area contributed by atoms with Gasteiger partial charge in [-0.05, 0) is 55.3 Å². The van der Waals surface area contributed by atoms with Crippen LogP contribution in [0.2, 0.25) is 0 Å². The molecule has 47 heavy (non-hydrogen) atoms. The molecule has 7 rings (SSSR count). The van der Waals surface area contributed by atoms with Crippen LogP contribution >= 0.6 is 0 Å². The van der Waals surface area contributed by atoms with Crippen LogP contribution in [0.4, 0.5) is 5.69 Å². The van der Waals surface area contributed by atoms with Crippen LogP contribution in [0.5, 0.6) is 11.5 Å². The summed E-state index contributed by atoms with van der Waals surface area (Å²) in [6, 6.07) is 26.9. The molecule has 3 aromatic carbocycles. The van der Waals surface area contributed by atoms with E-state index in [0.29, 0.717) is 19.8 Å². The first-order valence-corrected chi connectivity index (χ1v) is 16.5. The number of piperazine rings is 1. The quantitative estimate of drug-likeness (QED) is 0.172. The van der Waals surface area contributed by atoms with Crippen molar-refractivity contribution in [3.05, 3.63) is 115 Å². The van der Waals surface area contributed by atoms with Crippen LogP contribution in [0.1, 0.15) is 31.2 Å². The Balaban J connectivity index is 1.02. The summed E-state index contributed by atoms with van der Waals surface area (Å²) in [5.41, 5.74) is 5.64. The van der Waals surface area contributed by atoms with Crippen molar-refractivity contribution in [3.8, 4) is 22.8 Å². The van der Waals surface area contributed by atoms with E-state index >= 15 is 0 Å². The van der Waals surface area contributed by atoms with Gasteiger partial charge in [0.05, 0.1) is 50.6 Å². The molecule has 2 aromatic heterocycles. The average molecular weight is 635 g/mol. The van der Waals surface area contributed by atoms with E-state index in [4.69, 9.17) is 23.9 Å². The smallest absolute Gasteiger partial charge is 0.176 e. The van der Waals surface area contributed by atoms with Crippen LogP contribution in [0.3, 0.4) is 0 Å². The molecule has 3 atom stereocenters. The fourth-order valence-corrected chi connectivity index (χ4v) is 6.43. The lowest BCUT2D eigenvalue weighted by atomic mass is 10.0. The van der Waals surface area contributed by atoms with Gasteiger partial charge in [-0.1, -0.05) is 49.4 Å². The average Bonchev–Trinajstić information content (AvgIpc) is 3.90. The maximum absolute atomic E-state index is 6.67. The molecule has 4 heterocycles. The van der Waals surface area contributed by atoms with E-state index in [0.717, 1.165) is 60.9 Å². The molecule has 244 valence electrons. The maximum atomic E-state index is 6.67. The Morgan fingerprint density at radius 2 is 1.72 bits per heavy atom. The Kier molecular flexibility index (Phi) is 9.39. The summed E-state index contributed by atoms with van der Waals surface area (Å²) in [5.74, 6) is 1.58. The number of hydrogen-bond acceptors (Lipinski definition) is 8. The molecule has 0 spiro atoms. The van der Waals surface area contributed by atoms with Crippen LogP contribution in [-0.2, 0) is 22.4 Å². The molecule has 0 N–H and O–H groups in total. The first-order valence-electron chi connectivity index (χ1n) is 16.5. The second-order valence-corrected chi connectivity index (χ2v) is 11.8. The van der Waals surface area contributed by atoms with Gasteiger partial charge in [-0.25, -0.2) is 14.6 Å². The van der Waals surface area contributed by atoms with Gasteiger partial charge in [-0.2, -0.15) is 0 Å². The Labute approximate surface area is 276 Å². The third-order valence-corrected chi connectivity index (χ3v) is 8.78. The second kappa shape index (κ2) is 14.3. The molecule has 2 aliphatic rings. The molecule has 0 radical (unpaired) electrons. The van der Waals surface area contributed by atoms with Crippen LogP contribution < -0.4 is 19.4 Å². The lowest BCUT2D eigenvalue weighted by Crippen LogP contribution is -2.51. The molecule has 0 aliphatic carbocycles. The van der Waals surface area contributed by atoms with Gasteiger partial charge in [0.25, 0.3) is 0 Å². The van der Waals surface area contributed by atoms with Crippen molar-refractivity contribution < 1.29 is 18.9 Å². The highest BCUT2D eigenvalue weighted by Crippen LogP contribution is 2.33. The molecule has 0 amide bonds. The summed E-state index contributed by atoms with van der Waals surface area (Å²) in [6.07, 6.45) is 7.29. The van der Waals surface area contributed by atoms with Crippen LogP contribution in [-0.4, -0.2) is 71.0 Å². The van der Waals surface area contributed by atoms with E-state index in [9.17, 15) is 0 Å². The number of benzene rings is 3. The van der Waals surface area contributed by atoms with E-state index in [1.54, 1.807) is 12.5 Å². The summed E-state index contributed by atoms with van der Waals surface area (Å²) >= 11 is 0. The van der Waals surface area contributed by atoms with E-state index in [-0.39, 0.29) is 18.5 Å². The Bertz CT molecular complexity index is 1700. The Morgan fingerprint density at radius 1 is 0.894 bits per heavy atom. The van der Waals surface area contributed by atoms with Crippen molar-refractivity contribution in [2.24, 2.45) is 0 Å². The number of hydrogen-bond donors (Lipinski definition) is 0. The molecular formula is C37H42N6O4. The van der Waals surface area contributed by atoms with Crippen molar-refractivity contribution in [3.63, 3.8) is 0 Å². The summed E-state index contributed by atoms with van der Waals surface area (Å²) in [6.45, 7) is 9.43. The van der Waals surface area contributed by atoms with E-state index in [1.165, 1.54) is 11.4 Å². The summed E-state index contributed by atoms with van der Waals surface area (Å²) in [5, 5.41) is 2.40. The minimum atomic E-state index is -0.378. The maximum Gasteiger partial charge on any atom is 0.176 e. The van der Waals surface area contributed by atoms with Crippen molar-refractivity contribution in [2.45, 2.75) is 45.3 Å². The predicted octanol–water partition coefficient (Wildman–Crippen LogP) is 5.73. The summed E-state index contributed by atoms with van der Waals surface area (Å²) in [4.78, 5) is 11.4. The van der Waals surface area contributed by atoms with Crippen molar-refractivity contribution in [2.75, 3.05) is 49.3 Å². The van der Waals surface area contributed by atoms with Gasteiger partial charge in [0, 0.05) is 36.7 Å². The standard InChI is InChI=1S/C37H42N6O4/c1-3-33-36(28-9-6-5-7-10-28)39-27-43(33)42-21-19-41(20-22-42)30-13-15-31(16-14-30)46-37(29-11-8-12-32(23-29)44-4-2)34-25-45-35(47-34)24-40-18-17-38-26-40/h5-18,23,26-27,34-35,37H,3-4,19-22,24-25H2,1-2H3. The van der Waals surface area contributed by atoms with Gasteiger partial charge in [-0.15, -0.1) is 0 Å². The van der Waals surface area contributed by atoms with Crippen molar-refractivity contribution >= 4 is 5.69 Å². The highest BCUT2D eigenvalue weighted by atomic mass is 16.7. The number of nitrogens with zero attached hydrogens (tertiary/aromatic N) is 6. The molecule has 3 unspecified atom stereocenters. The lowest BCUT2D eigenvalue weighted by molar-refractivity contribution is -0.0851. The minimum Gasteiger partial charge on any atom is -0.494 e. The normalized spacial score (nSPS) is 18.8.